The molecule has 1 aromatic heterocycles. The van der Waals surface area contributed by atoms with Crippen molar-refractivity contribution in [3.63, 3.8) is 0 Å². The van der Waals surface area contributed by atoms with Crippen molar-refractivity contribution >= 4 is 40.1 Å². The lowest BCUT2D eigenvalue weighted by Gasteiger charge is -2.17. The molecule has 4 rings (SSSR count). The molecule has 0 fully saturated rings. The zero-order valence-electron chi connectivity index (χ0n) is 15.8. The number of hydrogen-bond acceptors (Lipinski definition) is 2. The lowest BCUT2D eigenvalue weighted by molar-refractivity contribution is 0.0938. The average Bonchev–Trinajstić information content (AvgIpc) is 3.09. The van der Waals surface area contributed by atoms with Crippen molar-refractivity contribution in [2.75, 3.05) is 0 Å². The van der Waals surface area contributed by atoms with E-state index in [2.05, 4.69) is 9.88 Å². The van der Waals surface area contributed by atoms with Crippen LogP contribution < -0.4 is 5.32 Å². The van der Waals surface area contributed by atoms with Gasteiger partial charge in [0, 0.05) is 15.6 Å². The Labute approximate surface area is 179 Å². The number of nitrogens with one attached hydrogen (secondary N) is 1. The molecule has 6 heteroatoms. The first-order valence-electron chi connectivity index (χ1n) is 9.28. The SMILES string of the molecule is CC(NC(=O)c1ccc(Cl)cc1)c1nc2ccccc2n1Cc1ccccc1Cl. The van der Waals surface area contributed by atoms with Crippen LogP contribution in [0, 0.1) is 0 Å². The molecule has 4 nitrogen and oxygen atoms in total. The Kier molecular flexibility index (Phi) is 5.56. The number of carbonyl (C=O) groups excluding carboxylic acids is 1. The first kappa shape index (κ1) is 19.5. The highest BCUT2D eigenvalue weighted by molar-refractivity contribution is 6.31. The summed E-state index contributed by atoms with van der Waals surface area (Å²) in [6.07, 6.45) is 0. The van der Waals surface area contributed by atoms with Gasteiger partial charge in [0.15, 0.2) is 0 Å². The molecule has 0 aliphatic heterocycles. The third-order valence-electron chi connectivity index (χ3n) is 4.81. The Bertz CT molecular complexity index is 1170. The second-order valence-electron chi connectivity index (χ2n) is 6.84. The van der Waals surface area contributed by atoms with E-state index in [0.29, 0.717) is 22.2 Å². The molecular weight excluding hydrogens is 405 g/mol. The standard InChI is InChI=1S/C23H19Cl2N3O/c1-15(26-23(29)16-10-12-18(24)13-11-16)22-27-20-8-4-5-9-21(20)28(22)14-17-6-2-3-7-19(17)25/h2-13,15H,14H2,1H3,(H,26,29). The minimum Gasteiger partial charge on any atom is -0.342 e. The highest BCUT2D eigenvalue weighted by Crippen LogP contribution is 2.25. The molecule has 0 saturated carbocycles. The number of hydrogen-bond donors (Lipinski definition) is 1. The van der Waals surface area contributed by atoms with Gasteiger partial charge in [-0.05, 0) is 55.0 Å². The minimum absolute atomic E-state index is 0.175. The van der Waals surface area contributed by atoms with E-state index >= 15 is 0 Å². The summed E-state index contributed by atoms with van der Waals surface area (Å²) in [4.78, 5) is 17.4. The summed E-state index contributed by atoms with van der Waals surface area (Å²) in [7, 11) is 0. The molecule has 0 aliphatic rings. The van der Waals surface area contributed by atoms with Gasteiger partial charge in [-0.2, -0.15) is 0 Å². The van der Waals surface area contributed by atoms with Crippen LogP contribution in [0.3, 0.4) is 0 Å². The van der Waals surface area contributed by atoms with Gasteiger partial charge >= 0.3 is 0 Å². The van der Waals surface area contributed by atoms with Crippen LogP contribution in [0.15, 0.2) is 72.8 Å². The van der Waals surface area contributed by atoms with Gasteiger partial charge in [-0.25, -0.2) is 4.98 Å². The van der Waals surface area contributed by atoms with Crippen molar-refractivity contribution in [3.8, 4) is 0 Å². The van der Waals surface area contributed by atoms with Crippen LogP contribution in [-0.2, 0) is 6.54 Å². The largest absolute Gasteiger partial charge is 0.342 e. The Balaban J connectivity index is 1.68. The van der Waals surface area contributed by atoms with Gasteiger partial charge in [-0.3, -0.25) is 4.79 Å². The first-order chi connectivity index (χ1) is 14.0. The molecule has 0 spiro atoms. The third-order valence-corrected chi connectivity index (χ3v) is 5.43. The van der Waals surface area contributed by atoms with Crippen molar-refractivity contribution in [3.05, 3.63) is 99.8 Å². The summed E-state index contributed by atoms with van der Waals surface area (Å²) < 4.78 is 2.10. The molecule has 4 aromatic rings. The van der Waals surface area contributed by atoms with Crippen molar-refractivity contribution in [1.29, 1.82) is 0 Å². The highest BCUT2D eigenvalue weighted by atomic mass is 35.5. The van der Waals surface area contributed by atoms with Gasteiger partial charge in [-0.15, -0.1) is 0 Å². The zero-order chi connectivity index (χ0) is 20.4. The quantitative estimate of drug-likeness (QED) is 0.435. The van der Waals surface area contributed by atoms with Gasteiger partial charge in [0.25, 0.3) is 5.91 Å². The van der Waals surface area contributed by atoms with Crippen LogP contribution in [-0.4, -0.2) is 15.5 Å². The second kappa shape index (κ2) is 8.27. The first-order valence-corrected chi connectivity index (χ1v) is 10.0. The molecule has 0 radical (unpaired) electrons. The predicted molar refractivity (Wildman–Crippen MR) is 118 cm³/mol. The Morgan fingerprint density at radius 1 is 1.00 bits per heavy atom. The third kappa shape index (κ3) is 4.14. The van der Waals surface area contributed by atoms with Crippen LogP contribution in [0.4, 0.5) is 0 Å². The second-order valence-corrected chi connectivity index (χ2v) is 7.68. The number of nitrogens with zero attached hydrogens (tertiary/aromatic N) is 2. The van der Waals surface area contributed by atoms with Crippen molar-refractivity contribution in [2.24, 2.45) is 0 Å². The van der Waals surface area contributed by atoms with Gasteiger partial charge in [0.05, 0.1) is 23.6 Å². The number of rotatable bonds is 5. The number of carbonyl (C=O) groups is 1. The van der Waals surface area contributed by atoms with Crippen LogP contribution in [0.25, 0.3) is 11.0 Å². The highest BCUT2D eigenvalue weighted by Gasteiger charge is 2.19. The molecule has 1 unspecified atom stereocenters. The maximum Gasteiger partial charge on any atom is 0.251 e. The summed E-state index contributed by atoms with van der Waals surface area (Å²) in [5.74, 6) is 0.596. The van der Waals surface area contributed by atoms with Gasteiger partial charge in [0.1, 0.15) is 5.82 Å². The fraction of sp³-hybridized carbons (Fsp3) is 0.130. The molecule has 146 valence electrons. The van der Waals surface area contributed by atoms with E-state index in [1.807, 2.05) is 55.5 Å². The Morgan fingerprint density at radius 2 is 1.69 bits per heavy atom. The monoisotopic (exact) mass is 423 g/mol. The molecule has 1 N–H and O–H groups in total. The zero-order valence-corrected chi connectivity index (χ0v) is 17.3. The molecule has 1 atom stereocenters. The minimum atomic E-state index is -0.298. The molecular formula is C23H19Cl2N3O. The molecule has 29 heavy (non-hydrogen) atoms. The van der Waals surface area contributed by atoms with E-state index in [1.54, 1.807) is 24.3 Å². The van der Waals surface area contributed by atoms with Gasteiger partial charge < -0.3 is 9.88 Å². The van der Waals surface area contributed by atoms with E-state index in [0.717, 1.165) is 22.4 Å². The maximum atomic E-state index is 12.7. The number of fused-ring (bicyclic) bond motifs is 1. The molecule has 0 aliphatic carbocycles. The number of benzene rings is 3. The van der Waals surface area contributed by atoms with Crippen molar-refractivity contribution in [1.82, 2.24) is 14.9 Å². The lowest BCUT2D eigenvalue weighted by atomic mass is 10.2. The summed E-state index contributed by atoms with van der Waals surface area (Å²) in [5.41, 5.74) is 3.42. The van der Waals surface area contributed by atoms with Crippen LogP contribution in [0.1, 0.15) is 34.7 Å². The number of para-hydroxylation sites is 2. The normalized spacial score (nSPS) is 12.1. The maximum absolute atomic E-state index is 12.7. The van der Waals surface area contributed by atoms with E-state index in [1.165, 1.54) is 0 Å². The number of amides is 1. The van der Waals surface area contributed by atoms with Gasteiger partial charge in [0.2, 0.25) is 0 Å². The van der Waals surface area contributed by atoms with E-state index in [-0.39, 0.29) is 11.9 Å². The topological polar surface area (TPSA) is 46.9 Å². The van der Waals surface area contributed by atoms with E-state index in [4.69, 9.17) is 28.2 Å². The van der Waals surface area contributed by atoms with Crippen LogP contribution in [0.2, 0.25) is 10.0 Å². The summed E-state index contributed by atoms with van der Waals surface area (Å²) >= 11 is 12.3. The van der Waals surface area contributed by atoms with Gasteiger partial charge in [-0.1, -0.05) is 53.5 Å². The van der Waals surface area contributed by atoms with E-state index < -0.39 is 0 Å². The fourth-order valence-corrected chi connectivity index (χ4v) is 3.66. The van der Waals surface area contributed by atoms with Crippen molar-refractivity contribution in [2.45, 2.75) is 19.5 Å². The summed E-state index contributed by atoms with van der Waals surface area (Å²) in [6.45, 7) is 2.49. The average molecular weight is 424 g/mol. The lowest BCUT2D eigenvalue weighted by Crippen LogP contribution is -2.28. The Morgan fingerprint density at radius 3 is 2.45 bits per heavy atom. The van der Waals surface area contributed by atoms with Crippen LogP contribution >= 0.6 is 23.2 Å². The van der Waals surface area contributed by atoms with E-state index in [9.17, 15) is 4.79 Å². The number of imidazole rings is 1. The molecule has 1 heterocycles. The number of halogens is 2. The smallest absolute Gasteiger partial charge is 0.251 e. The predicted octanol–water partition coefficient (Wildman–Crippen LogP) is 5.88. The molecule has 0 saturated heterocycles. The van der Waals surface area contributed by atoms with Crippen LogP contribution in [0.5, 0.6) is 0 Å². The molecule has 0 bridgehead atoms. The summed E-state index contributed by atoms with van der Waals surface area (Å²) in [5, 5.41) is 4.33. The molecule has 3 aromatic carbocycles. The number of aromatic nitrogens is 2. The Hall–Kier alpha value is -2.82. The summed E-state index contributed by atoms with van der Waals surface area (Å²) in [6, 6.07) is 22.2. The fourth-order valence-electron chi connectivity index (χ4n) is 3.33. The molecule has 1 amide bonds. The van der Waals surface area contributed by atoms with Crippen molar-refractivity contribution < 1.29 is 4.79 Å².